The zero-order valence-corrected chi connectivity index (χ0v) is 21.0. The molecule has 0 aliphatic carbocycles. The van der Waals surface area contributed by atoms with Crippen LogP contribution in [-0.4, -0.2) is 27.9 Å². The lowest BCUT2D eigenvalue weighted by atomic mass is 10.2. The van der Waals surface area contributed by atoms with Crippen LogP contribution in [0.15, 0.2) is 75.2 Å². The molecule has 178 valence electrons. The Kier molecular flexibility index (Phi) is 6.34. The fourth-order valence-corrected chi connectivity index (χ4v) is 6.31. The highest BCUT2D eigenvalue weighted by molar-refractivity contribution is 7.93. The molecule has 9 nitrogen and oxygen atoms in total. The number of rotatable bonds is 7. The maximum atomic E-state index is 13.1. The first-order valence-corrected chi connectivity index (χ1v) is 13.7. The molecule has 4 aromatic rings. The fraction of sp³-hybridized carbons (Fsp3) is 0.0952. The number of sulfonamides is 2. The summed E-state index contributed by atoms with van der Waals surface area (Å²) in [5, 5.41) is 0.453. The highest BCUT2D eigenvalue weighted by Crippen LogP contribution is 2.31. The van der Waals surface area contributed by atoms with Gasteiger partial charge in [0.25, 0.3) is 24.8 Å². The van der Waals surface area contributed by atoms with Crippen LogP contribution in [0.2, 0.25) is 5.02 Å². The lowest BCUT2D eigenvalue weighted by Gasteiger charge is -2.15. The first-order valence-electron chi connectivity index (χ1n) is 9.59. The average Bonchev–Trinajstić information content (AvgIpc) is 3.08. The van der Waals surface area contributed by atoms with E-state index in [0.717, 1.165) is 11.5 Å². The summed E-state index contributed by atoms with van der Waals surface area (Å²) in [4.78, 5) is 11.9. The summed E-state index contributed by atoms with van der Waals surface area (Å²) >= 11 is 7.01. The van der Waals surface area contributed by atoms with Crippen LogP contribution in [0.3, 0.4) is 0 Å². The molecule has 0 bridgehead atoms. The van der Waals surface area contributed by atoms with Gasteiger partial charge in [0, 0.05) is 12.1 Å². The van der Waals surface area contributed by atoms with Crippen molar-refractivity contribution in [2.24, 2.45) is 7.05 Å². The van der Waals surface area contributed by atoms with Crippen molar-refractivity contribution in [2.75, 3.05) is 16.6 Å². The minimum Gasteiger partial charge on any atom is -0.497 e. The fourth-order valence-electron chi connectivity index (χ4n) is 3.20. The monoisotopic (exact) mass is 539 g/mol. The molecular weight excluding hydrogens is 522 g/mol. The molecular formula is C21H18ClN3O6S3. The normalized spacial score (nSPS) is 12.0. The van der Waals surface area contributed by atoms with Gasteiger partial charge in [0.1, 0.15) is 5.75 Å². The van der Waals surface area contributed by atoms with E-state index in [9.17, 15) is 21.6 Å². The summed E-state index contributed by atoms with van der Waals surface area (Å²) < 4.78 is 63.0. The number of hydrogen-bond acceptors (Lipinski definition) is 7. The summed E-state index contributed by atoms with van der Waals surface area (Å²) in [6.45, 7) is 0. The Balaban J connectivity index is 1.69. The van der Waals surface area contributed by atoms with E-state index in [4.69, 9.17) is 16.3 Å². The van der Waals surface area contributed by atoms with E-state index in [2.05, 4.69) is 9.44 Å². The maximum Gasteiger partial charge on any atom is 0.261 e. The molecule has 3 aromatic carbocycles. The molecule has 4 rings (SSSR count). The molecule has 0 amide bonds. The van der Waals surface area contributed by atoms with Gasteiger partial charge in [-0.1, -0.05) is 11.6 Å². The van der Waals surface area contributed by atoms with Gasteiger partial charge in [-0.3, -0.25) is 18.2 Å². The third-order valence-electron chi connectivity index (χ3n) is 4.90. The zero-order valence-electron chi connectivity index (χ0n) is 17.8. The zero-order chi connectivity index (χ0) is 24.7. The average molecular weight is 540 g/mol. The van der Waals surface area contributed by atoms with E-state index in [1.165, 1.54) is 67.8 Å². The second-order valence-electron chi connectivity index (χ2n) is 7.13. The van der Waals surface area contributed by atoms with Gasteiger partial charge in [-0.15, -0.1) is 0 Å². The molecule has 0 aliphatic rings. The summed E-state index contributed by atoms with van der Waals surface area (Å²) in [5.41, 5.74) is 0.490. The Labute approximate surface area is 204 Å². The van der Waals surface area contributed by atoms with Gasteiger partial charge in [-0.05, 0) is 72.2 Å². The summed E-state index contributed by atoms with van der Waals surface area (Å²) in [5.74, 6) is 0.483. The van der Waals surface area contributed by atoms with Crippen molar-refractivity contribution < 1.29 is 21.6 Å². The van der Waals surface area contributed by atoms with Crippen molar-refractivity contribution in [3.05, 3.63) is 75.2 Å². The molecule has 0 radical (unpaired) electrons. The molecule has 0 aliphatic heterocycles. The number of ether oxygens (including phenoxy) is 1. The first kappa shape index (κ1) is 24.1. The van der Waals surface area contributed by atoms with Gasteiger partial charge in [0.05, 0.1) is 39.2 Å². The quantitative estimate of drug-likeness (QED) is 0.367. The number of hydrogen-bond donors (Lipinski definition) is 2. The molecule has 2 N–H and O–H groups in total. The Bertz CT molecular complexity index is 1660. The van der Waals surface area contributed by atoms with Gasteiger partial charge in [0.2, 0.25) is 0 Å². The number of nitrogens with zero attached hydrogens (tertiary/aromatic N) is 1. The SMILES string of the molecule is COc1ccc(S(=O)(=O)Nc2ccc(Cl)cc2NS(=O)(=O)c2ccc3c(c2)c(=O)sn3C)cc1. The second-order valence-corrected chi connectivity index (χ2v) is 12.0. The summed E-state index contributed by atoms with van der Waals surface area (Å²) in [6.07, 6.45) is 0. The van der Waals surface area contributed by atoms with Crippen LogP contribution < -0.4 is 18.9 Å². The first-order chi connectivity index (χ1) is 16.0. The summed E-state index contributed by atoms with van der Waals surface area (Å²) in [6, 6.07) is 13.9. The number of methoxy groups -OCH3 is 1. The van der Waals surface area contributed by atoms with Crippen LogP contribution in [0.25, 0.3) is 10.9 Å². The number of halogens is 1. The summed E-state index contributed by atoms with van der Waals surface area (Å²) in [7, 11) is -5.07. The molecule has 0 spiro atoms. The molecule has 0 saturated heterocycles. The molecule has 34 heavy (non-hydrogen) atoms. The molecule has 0 fully saturated rings. The van der Waals surface area contributed by atoms with Crippen LogP contribution >= 0.6 is 23.1 Å². The smallest absolute Gasteiger partial charge is 0.261 e. The van der Waals surface area contributed by atoms with E-state index in [1.54, 1.807) is 11.0 Å². The lowest BCUT2D eigenvalue weighted by molar-refractivity contribution is 0.414. The van der Waals surface area contributed by atoms with Crippen molar-refractivity contribution in [3.8, 4) is 5.75 Å². The van der Waals surface area contributed by atoms with Crippen LogP contribution in [0, 0.1) is 0 Å². The third-order valence-corrected chi connectivity index (χ3v) is 8.73. The predicted octanol–water partition coefficient (Wildman–Crippen LogP) is 3.86. The van der Waals surface area contributed by atoms with Crippen LogP contribution in [0.1, 0.15) is 0 Å². The number of aromatic nitrogens is 1. The highest BCUT2D eigenvalue weighted by atomic mass is 35.5. The predicted molar refractivity (Wildman–Crippen MR) is 133 cm³/mol. The second kappa shape index (κ2) is 8.95. The molecule has 0 unspecified atom stereocenters. The van der Waals surface area contributed by atoms with Gasteiger partial charge in [-0.25, -0.2) is 16.8 Å². The standard InChI is InChI=1S/C21H18ClN3O6S3/c1-25-20-10-8-16(12-17(20)21(26)32-25)34(29,30)24-19-11-13(22)3-9-18(19)23-33(27,28)15-6-4-14(31-2)5-7-15/h3-12,23-24H,1-2H3. The Morgan fingerprint density at radius 3 is 2.15 bits per heavy atom. The molecule has 0 atom stereocenters. The van der Waals surface area contributed by atoms with Gasteiger partial charge in [0.15, 0.2) is 0 Å². The minimum absolute atomic E-state index is 0.0312. The lowest BCUT2D eigenvalue weighted by Crippen LogP contribution is -2.17. The van der Waals surface area contributed by atoms with Crippen molar-refractivity contribution in [2.45, 2.75) is 9.79 Å². The Morgan fingerprint density at radius 2 is 1.47 bits per heavy atom. The number of fused-ring (bicyclic) bond motifs is 1. The van der Waals surface area contributed by atoms with E-state index in [-0.39, 0.29) is 36.3 Å². The topological polar surface area (TPSA) is 124 Å². The van der Waals surface area contributed by atoms with Gasteiger partial charge in [-0.2, -0.15) is 0 Å². The third kappa shape index (κ3) is 4.75. The Hall–Kier alpha value is -3.06. The van der Waals surface area contributed by atoms with Crippen molar-refractivity contribution in [1.82, 2.24) is 3.96 Å². The van der Waals surface area contributed by atoms with E-state index < -0.39 is 20.0 Å². The molecule has 0 saturated carbocycles. The minimum atomic E-state index is -4.18. The number of aryl methyl sites for hydroxylation is 1. The van der Waals surface area contributed by atoms with Gasteiger partial charge >= 0.3 is 0 Å². The van der Waals surface area contributed by atoms with Crippen molar-refractivity contribution in [3.63, 3.8) is 0 Å². The number of benzene rings is 3. The number of anilines is 2. The molecule has 13 heteroatoms. The van der Waals surface area contributed by atoms with Crippen LogP contribution in [0.4, 0.5) is 11.4 Å². The highest BCUT2D eigenvalue weighted by Gasteiger charge is 2.21. The van der Waals surface area contributed by atoms with Crippen LogP contribution in [-0.2, 0) is 27.1 Å². The van der Waals surface area contributed by atoms with Gasteiger partial charge < -0.3 is 4.74 Å². The van der Waals surface area contributed by atoms with Crippen molar-refractivity contribution >= 4 is 65.5 Å². The van der Waals surface area contributed by atoms with Crippen molar-refractivity contribution in [1.29, 1.82) is 0 Å². The number of nitrogens with one attached hydrogen (secondary N) is 2. The largest absolute Gasteiger partial charge is 0.497 e. The van der Waals surface area contributed by atoms with E-state index in [1.807, 2.05) is 0 Å². The maximum absolute atomic E-state index is 13.1. The van der Waals surface area contributed by atoms with Crippen LogP contribution in [0.5, 0.6) is 5.75 Å². The van der Waals surface area contributed by atoms with E-state index in [0.29, 0.717) is 11.3 Å². The molecule has 1 heterocycles. The molecule has 1 aromatic heterocycles. The van der Waals surface area contributed by atoms with E-state index >= 15 is 0 Å². The Morgan fingerprint density at radius 1 is 0.853 bits per heavy atom.